The number of nitrogens with one attached hydrogen (secondary N) is 1. The number of hydrogen-bond acceptors (Lipinski definition) is 2. The predicted octanol–water partition coefficient (Wildman–Crippen LogP) is 3.23. The lowest BCUT2D eigenvalue weighted by atomic mass is 9.73. The Labute approximate surface area is 132 Å². The molecular weight excluding hydrogens is 294 g/mol. The Bertz CT molecular complexity index is 707. The number of hydrogen-bond donors (Lipinski definition) is 1. The average molecular weight is 315 g/mol. The van der Waals surface area contributed by atoms with Crippen molar-refractivity contribution in [1.29, 1.82) is 0 Å². The molecule has 1 saturated carbocycles. The zero-order valence-electron chi connectivity index (χ0n) is 12.5. The molecule has 3 rings (SSSR count). The van der Waals surface area contributed by atoms with Crippen molar-refractivity contribution in [3.8, 4) is 0 Å². The SMILES string of the molecule is O=S(=O)(CCc1ccccc1)NC1(c2ccccc2)CCC1. The zero-order chi connectivity index (χ0) is 15.5. The first kappa shape index (κ1) is 15.3. The summed E-state index contributed by atoms with van der Waals surface area (Å²) < 4.78 is 27.9. The van der Waals surface area contributed by atoms with Gasteiger partial charge in [0.15, 0.2) is 0 Å². The maximum atomic E-state index is 12.5. The molecule has 2 aromatic carbocycles. The molecule has 1 aliphatic carbocycles. The molecule has 0 unspecified atom stereocenters. The fourth-order valence-corrected chi connectivity index (χ4v) is 4.51. The first-order valence-corrected chi connectivity index (χ1v) is 9.36. The van der Waals surface area contributed by atoms with Gasteiger partial charge in [0.05, 0.1) is 11.3 Å². The van der Waals surface area contributed by atoms with Gasteiger partial charge >= 0.3 is 0 Å². The maximum Gasteiger partial charge on any atom is 0.212 e. The first-order chi connectivity index (χ1) is 10.6. The normalized spacial score (nSPS) is 16.9. The van der Waals surface area contributed by atoms with Gasteiger partial charge in [-0.05, 0) is 36.8 Å². The van der Waals surface area contributed by atoms with Crippen LogP contribution in [-0.2, 0) is 22.0 Å². The van der Waals surface area contributed by atoms with Gasteiger partial charge < -0.3 is 0 Å². The van der Waals surface area contributed by atoms with E-state index in [9.17, 15) is 8.42 Å². The molecule has 0 amide bonds. The van der Waals surface area contributed by atoms with Crippen molar-refractivity contribution in [3.63, 3.8) is 0 Å². The van der Waals surface area contributed by atoms with E-state index in [-0.39, 0.29) is 5.75 Å². The molecule has 4 heteroatoms. The van der Waals surface area contributed by atoms with Gasteiger partial charge in [-0.15, -0.1) is 0 Å². The van der Waals surface area contributed by atoms with Gasteiger partial charge in [-0.25, -0.2) is 13.1 Å². The lowest BCUT2D eigenvalue weighted by molar-refractivity contribution is 0.224. The van der Waals surface area contributed by atoms with E-state index in [1.165, 1.54) is 0 Å². The monoisotopic (exact) mass is 315 g/mol. The molecule has 0 radical (unpaired) electrons. The molecule has 0 aliphatic heterocycles. The van der Waals surface area contributed by atoms with E-state index in [1.807, 2.05) is 60.7 Å². The van der Waals surface area contributed by atoms with Crippen LogP contribution >= 0.6 is 0 Å². The molecule has 1 aliphatic rings. The molecule has 2 aromatic rings. The van der Waals surface area contributed by atoms with Crippen molar-refractivity contribution in [1.82, 2.24) is 4.72 Å². The van der Waals surface area contributed by atoms with Crippen LogP contribution in [0.15, 0.2) is 60.7 Å². The minimum absolute atomic E-state index is 0.131. The lowest BCUT2D eigenvalue weighted by Crippen LogP contribution is -2.51. The topological polar surface area (TPSA) is 46.2 Å². The minimum atomic E-state index is -3.30. The highest BCUT2D eigenvalue weighted by atomic mass is 32.2. The Morgan fingerprint density at radius 1 is 0.909 bits per heavy atom. The lowest BCUT2D eigenvalue weighted by Gasteiger charge is -2.42. The van der Waals surface area contributed by atoms with Gasteiger partial charge in [0, 0.05) is 0 Å². The number of sulfonamides is 1. The summed E-state index contributed by atoms with van der Waals surface area (Å²) in [6.45, 7) is 0. The van der Waals surface area contributed by atoms with Crippen molar-refractivity contribution >= 4 is 10.0 Å². The van der Waals surface area contributed by atoms with E-state index in [0.717, 1.165) is 30.4 Å². The Hall–Kier alpha value is -1.65. The Kier molecular flexibility index (Phi) is 4.32. The highest BCUT2D eigenvalue weighted by Gasteiger charge is 2.41. The fraction of sp³-hybridized carbons (Fsp3) is 0.333. The molecular formula is C18H21NO2S. The van der Waals surface area contributed by atoms with Crippen molar-refractivity contribution in [2.75, 3.05) is 5.75 Å². The molecule has 0 saturated heterocycles. The summed E-state index contributed by atoms with van der Waals surface area (Å²) in [7, 11) is -3.30. The summed E-state index contributed by atoms with van der Waals surface area (Å²) in [6.07, 6.45) is 3.36. The highest BCUT2D eigenvalue weighted by molar-refractivity contribution is 7.89. The maximum absolute atomic E-state index is 12.5. The number of benzene rings is 2. The molecule has 0 aromatic heterocycles. The molecule has 0 heterocycles. The minimum Gasteiger partial charge on any atom is -0.212 e. The second kappa shape index (κ2) is 6.23. The van der Waals surface area contributed by atoms with Crippen molar-refractivity contribution in [3.05, 3.63) is 71.8 Å². The van der Waals surface area contributed by atoms with Crippen LogP contribution in [0.3, 0.4) is 0 Å². The van der Waals surface area contributed by atoms with Crippen LogP contribution < -0.4 is 4.72 Å². The highest BCUT2D eigenvalue weighted by Crippen LogP contribution is 2.41. The molecule has 1 N–H and O–H groups in total. The Morgan fingerprint density at radius 2 is 1.50 bits per heavy atom. The van der Waals surface area contributed by atoms with E-state index in [4.69, 9.17) is 0 Å². The summed E-state index contributed by atoms with van der Waals surface area (Å²) in [4.78, 5) is 0. The van der Waals surface area contributed by atoms with Gasteiger partial charge in [0.25, 0.3) is 0 Å². The summed E-state index contributed by atoms with van der Waals surface area (Å²) in [5.41, 5.74) is 1.73. The molecule has 116 valence electrons. The first-order valence-electron chi connectivity index (χ1n) is 7.71. The van der Waals surface area contributed by atoms with Gasteiger partial charge in [-0.1, -0.05) is 60.7 Å². The van der Waals surface area contributed by atoms with Crippen LogP contribution in [0.4, 0.5) is 0 Å². The van der Waals surface area contributed by atoms with Crippen molar-refractivity contribution < 1.29 is 8.42 Å². The second-order valence-electron chi connectivity index (χ2n) is 5.96. The van der Waals surface area contributed by atoms with Crippen molar-refractivity contribution in [2.24, 2.45) is 0 Å². The third-order valence-corrected chi connectivity index (χ3v) is 5.83. The van der Waals surface area contributed by atoms with Crippen LogP contribution in [0.1, 0.15) is 30.4 Å². The van der Waals surface area contributed by atoms with Crippen molar-refractivity contribution in [2.45, 2.75) is 31.2 Å². The quantitative estimate of drug-likeness (QED) is 0.889. The van der Waals surface area contributed by atoms with E-state index >= 15 is 0 Å². The van der Waals surface area contributed by atoms with Crippen LogP contribution in [-0.4, -0.2) is 14.2 Å². The largest absolute Gasteiger partial charge is 0.212 e. The smallest absolute Gasteiger partial charge is 0.212 e. The molecule has 0 bridgehead atoms. The van der Waals surface area contributed by atoms with Crippen LogP contribution in [0.5, 0.6) is 0 Å². The molecule has 0 atom stereocenters. The second-order valence-corrected chi connectivity index (χ2v) is 7.80. The predicted molar refractivity (Wildman–Crippen MR) is 89.0 cm³/mol. The van der Waals surface area contributed by atoms with Crippen LogP contribution in [0, 0.1) is 0 Å². The van der Waals surface area contributed by atoms with Gasteiger partial charge in [0.1, 0.15) is 0 Å². The van der Waals surface area contributed by atoms with Gasteiger partial charge in [-0.3, -0.25) is 0 Å². The molecule has 3 nitrogen and oxygen atoms in total. The van der Waals surface area contributed by atoms with Crippen LogP contribution in [0.25, 0.3) is 0 Å². The summed E-state index contributed by atoms with van der Waals surface area (Å²) in [6, 6.07) is 19.7. The number of rotatable bonds is 6. The Morgan fingerprint density at radius 3 is 2.05 bits per heavy atom. The summed E-state index contributed by atoms with van der Waals surface area (Å²) >= 11 is 0. The summed E-state index contributed by atoms with van der Waals surface area (Å²) in [5.74, 6) is 0.131. The van der Waals surface area contributed by atoms with E-state index in [2.05, 4.69) is 4.72 Å². The van der Waals surface area contributed by atoms with Gasteiger partial charge in [-0.2, -0.15) is 0 Å². The van der Waals surface area contributed by atoms with E-state index in [1.54, 1.807) is 0 Å². The average Bonchev–Trinajstić information content (AvgIpc) is 2.51. The standard InChI is InChI=1S/C18H21NO2S/c20-22(21,15-12-16-8-3-1-4-9-16)19-18(13-7-14-18)17-10-5-2-6-11-17/h1-6,8-11,19H,7,12-15H2. The third-order valence-electron chi connectivity index (χ3n) is 4.39. The van der Waals surface area contributed by atoms with Crippen LogP contribution in [0.2, 0.25) is 0 Å². The van der Waals surface area contributed by atoms with E-state index in [0.29, 0.717) is 6.42 Å². The molecule has 0 spiro atoms. The third kappa shape index (κ3) is 3.39. The van der Waals surface area contributed by atoms with Gasteiger partial charge in [0.2, 0.25) is 10.0 Å². The Balaban J connectivity index is 1.70. The molecule has 22 heavy (non-hydrogen) atoms. The number of aryl methyl sites for hydroxylation is 1. The van der Waals surface area contributed by atoms with E-state index < -0.39 is 15.6 Å². The zero-order valence-corrected chi connectivity index (χ0v) is 13.4. The fourth-order valence-electron chi connectivity index (χ4n) is 2.98. The molecule has 1 fully saturated rings. The summed E-state index contributed by atoms with van der Waals surface area (Å²) in [5, 5.41) is 0.